The second-order valence-corrected chi connectivity index (χ2v) is 6.00. The monoisotopic (exact) mass is 341 g/mol. The van der Waals surface area contributed by atoms with Crippen LogP contribution in [0, 0.1) is 5.82 Å². The van der Waals surface area contributed by atoms with E-state index in [9.17, 15) is 4.39 Å². The summed E-state index contributed by atoms with van der Waals surface area (Å²) in [6.07, 6.45) is 3.18. The van der Waals surface area contributed by atoms with Crippen molar-refractivity contribution < 1.29 is 4.39 Å². The van der Waals surface area contributed by atoms with E-state index in [0.717, 1.165) is 16.3 Å². The minimum absolute atomic E-state index is 0.278. The maximum Gasteiger partial charge on any atom is 0.128 e. The molecule has 2 heterocycles. The third-order valence-electron chi connectivity index (χ3n) is 2.92. The van der Waals surface area contributed by atoms with Crippen LogP contribution in [0.2, 0.25) is 5.02 Å². The van der Waals surface area contributed by atoms with Crippen molar-refractivity contribution in [3.63, 3.8) is 0 Å². The Morgan fingerprint density at radius 2 is 2.19 bits per heavy atom. The number of hydrogen-bond acceptors (Lipinski definition) is 3. The predicted octanol–water partition coefficient (Wildman–Crippen LogP) is 4.59. The van der Waals surface area contributed by atoms with Crippen LogP contribution in [-0.2, 0) is 12.4 Å². The molecule has 3 rings (SSSR count). The number of thiazole rings is 1. The van der Waals surface area contributed by atoms with E-state index in [0.29, 0.717) is 23.0 Å². The van der Waals surface area contributed by atoms with Gasteiger partial charge in [0.1, 0.15) is 10.8 Å². The van der Waals surface area contributed by atoms with E-state index in [1.165, 1.54) is 23.6 Å². The van der Waals surface area contributed by atoms with Gasteiger partial charge in [0.15, 0.2) is 0 Å². The highest BCUT2D eigenvalue weighted by Crippen LogP contribution is 2.26. The fourth-order valence-electron chi connectivity index (χ4n) is 1.93. The fourth-order valence-corrected chi connectivity index (χ4v) is 3.13. The molecule has 0 fully saturated rings. The van der Waals surface area contributed by atoms with Crippen molar-refractivity contribution >= 4 is 34.5 Å². The van der Waals surface area contributed by atoms with Crippen LogP contribution in [0.3, 0.4) is 0 Å². The van der Waals surface area contributed by atoms with Crippen molar-refractivity contribution in [2.75, 3.05) is 0 Å². The minimum atomic E-state index is -0.278. The Labute approximate surface area is 135 Å². The molecule has 0 aliphatic carbocycles. The fraction of sp³-hybridized carbons (Fsp3) is 0.143. The van der Waals surface area contributed by atoms with Gasteiger partial charge in [-0.3, -0.25) is 4.68 Å². The standard InChI is InChI=1S/C14H10Cl2FN3S/c15-4-12-8-21-14(19-12)9-1-2-13(17)10(3-9)6-20-7-11(16)5-18-20/h1-3,5,7-8H,4,6H2. The highest BCUT2D eigenvalue weighted by atomic mass is 35.5. The van der Waals surface area contributed by atoms with Crippen LogP contribution < -0.4 is 0 Å². The maximum atomic E-state index is 13.9. The number of alkyl halides is 1. The predicted molar refractivity (Wildman–Crippen MR) is 83.4 cm³/mol. The number of rotatable bonds is 4. The zero-order valence-corrected chi connectivity index (χ0v) is 13.1. The second-order valence-electron chi connectivity index (χ2n) is 4.44. The molecule has 0 atom stereocenters. The number of aromatic nitrogens is 3. The molecule has 21 heavy (non-hydrogen) atoms. The minimum Gasteiger partial charge on any atom is -0.267 e. The van der Waals surface area contributed by atoms with Gasteiger partial charge in [0.2, 0.25) is 0 Å². The molecular formula is C14H10Cl2FN3S. The van der Waals surface area contributed by atoms with Gasteiger partial charge in [-0.05, 0) is 18.2 Å². The molecule has 0 spiro atoms. The van der Waals surface area contributed by atoms with Gasteiger partial charge in [-0.2, -0.15) is 5.10 Å². The average molecular weight is 342 g/mol. The second kappa shape index (κ2) is 6.13. The van der Waals surface area contributed by atoms with Crippen molar-refractivity contribution in [1.82, 2.24) is 14.8 Å². The Morgan fingerprint density at radius 3 is 2.86 bits per heavy atom. The van der Waals surface area contributed by atoms with Crippen LogP contribution in [0.15, 0.2) is 36.0 Å². The van der Waals surface area contributed by atoms with Crippen LogP contribution in [0.25, 0.3) is 10.6 Å². The Hall–Kier alpha value is -1.43. The zero-order chi connectivity index (χ0) is 14.8. The number of nitrogens with zero attached hydrogens (tertiary/aromatic N) is 3. The lowest BCUT2D eigenvalue weighted by molar-refractivity contribution is 0.585. The van der Waals surface area contributed by atoms with Gasteiger partial charge in [0, 0.05) is 22.7 Å². The first-order valence-corrected chi connectivity index (χ1v) is 7.92. The smallest absolute Gasteiger partial charge is 0.128 e. The molecule has 0 radical (unpaired) electrons. The quantitative estimate of drug-likeness (QED) is 0.650. The van der Waals surface area contributed by atoms with Gasteiger partial charge in [0.05, 0.1) is 29.3 Å². The lowest BCUT2D eigenvalue weighted by Gasteiger charge is -2.06. The van der Waals surface area contributed by atoms with Gasteiger partial charge >= 0.3 is 0 Å². The van der Waals surface area contributed by atoms with E-state index in [1.807, 2.05) is 5.38 Å². The molecular weight excluding hydrogens is 332 g/mol. The van der Waals surface area contributed by atoms with Gasteiger partial charge in [-0.25, -0.2) is 9.37 Å². The van der Waals surface area contributed by atoms with E-state index in [1.54, 1.807) is 23.0 Å². The normalized spacial score (nSPS) is 11.0. The van der Waals surface area contributed by atoms with Crippen molar-refractivity contribution in [2.45, 2.75) is 12.4 Å². The Morgan fingerprint density at radius 1 is 1.33 bits per heavy atom. The van der Waals surface area contributed by atoms with Crippen LogP contribution in [-0.4, -0.2) is 14.8 Å². The summed E-state index contributed by atoms with van der Waals surface area (Å²) in [5.41, 5.74) is 2.22. The molecule has 0 amide bonds. The number of hydrogen-bond donors (Lipinski definition) is 0. The SMILES string of the molecule is Fc1ccc(-c2nc(CCl)cs2)cc1Cn1cc(Cl)cn1. The van der Waals surface area contributed by atoms with E-state index >= 15 is 0 Å². The molecule has 0 aliphatic rings. The Bertz CT molecular complexity index is 769. The molecule has 0 unspecified atom stereocenters. The Balaban J connectivity index is 1.92. The highest BCUT2D eigenvalue weighted by Gasteiger charge is 2.09. The third-order valence-corrected chi connectivity index (χ3v) is 4.32. The molecule has 3 aromatic rings. The molecule has 0 bridgehead atoms. The van der Waals surface area contributed by atoms with Gasteiger partial charge in [0.25, 0.3) is 0 Å². The summed E-state index contributed by atoms with van der Waals surface area (Å²) in [6.45, 7) is 0.320. The summed E-state index contributed by atoms with van der Waals surface area (Å²) < 4.78 is 15.5. The first-order valence-electron chi connectivity index (χ1n) is 6.13. The Kier molecular flexibility index (Phi) is 4.24. The third kappa shape index (κ3) is 3.26. The average Bonchev–Trinajstić information content (AvgIpc) is 3.10. The summed E-state index contributed by atoms with van der Waals surface area (Å²) in [7, 11) is 0. The van der Waals surface area contributed by atoms with Crippen LogP contribution >= 0.6 is 34.5 Å². The van der Waals surface area contributed by atoms with E-state index in [4.69, 9.17) is 23.2 Å². The molecule has 0 aliphatic heterocycles. The first-order chi connectivity index (χ1) is 10.2. The van der Waals surface area contributed by atoms with Gasteiger partial charge in [-0.15, -0.1) is 22.9 Å². The van der Waals surface area contributed by atoms with Crippen molar-refractivity contribution in [3.8, 4) is 10.6 Å². The molecule has 2 aromatic heterocycles. The summed E-state index contributed by atoms with van der Waals surface area (Å²) in [6, 6.07) is 4.94. The topological polar surface area (TPSA) is 30.7 Å². The lowest BCUT2D eigenvalue weighted by atomic mass is 10.1. The van der Waals surface area contributed by atoms with Crippen molar-refractivity contribution in [2.24, 2.45) is 0 Å². The number of halogens is 3. The summed E-state index contributed by atoms with van der Waals surface area (Å²) in [5.74, 6) is 0.0931. The summed E-state index contributed by atoms with van der Waals surface area (Å²) >= 11 is 13.1. The van der Waals surface area contributed by atoms with Crippen molar-refractivity contribution in [1.29, 1.82) is 0 Å². The van der Waals surface area contributed by atoms with Gasteiger partial charge < -0.3 is 0 Å². The molecule has 0 saturated carbocycles. The largest absolute Gasteiger partial charge is 0.267 e. The zero-order valence-electron chi connectivity index (χ0n) is 10.8. The van der Waals surface area contributed by atoms with Crippen LogP contribution in [0.4, 0.5) is 4.39 Å². The molecule has 7 heteroatoms. The van der Waals surface area contributed by atoms with E-state index < -0.39 is 0 Å². The van der Waals surface area contributed by atoms with Crippen LogP contribution in [0.5, 0.6) is 0 Å². The molecule has 108 valence electrons. The highest BCUT2D eigenvalue weighted by molar-refractivity contribution is 7.13. The molecule has 0 saturated heterocycles. The summed E-state index contributed by atoms with van der Waals surface area (Å²) in [4.78, 5) is 4.40. The molecule has 1 aromatic carbocycles. The maximum absolute atomic E-state index is 13.9. The first kappa shape index (κ1) is 14.5. The molecule has 0 N–H and O–H groups in total. The molecule has 3 nitrogen and oxygen atoms in total. The van der Waals surface area contributed by atoms with Crippen molar-refractivity contribution in [3.05, 3.63) is 58.1 Å². The van der Waals surface area contributed by atoms with Gasteiger partial charge in [-0.1, -0.05) is 11.6 Å². The number of benzene rings is 1. The van der Waals surface area contributed by atoms with E-state index in [-0.39, 0.29) is 5.82 Å². The van der Waals surface area contributed by atoms with Crippen LogP contribution in [0.1, 0.15) is 11.3 Å². The van der Waals surface area contributed by atoms with E-state index in [2.05, 4.69) is 10.1 Å². The lowest BCUT2D eigenvalue weighted by Crippen LogP contribution is -2.02. The summed E-state index contributed by atoms with van der Waals surface area (Å²) in [5, 5.41) is 7.31.